The van der Waals surface area contributed by atoms with Crippen molar-refractivity contribution in [1.82, 2.24) is 10.2 Å². The lowest BCUT2D eigenvalue weighted by Gasteiger charge is -2.43. The van der Waals surface area contributed by atoms with Crippen molar-refractivity contribution >= 4 is 11.6 Å². The van der Waals surface area contributed by atoms with Crippen LogP contribution < -0.4 is 21.7 Å². The van der Waals surface area contributed by atoms with Gasteiger partial charge in [0.1, 0.15) is 5.82 Å². The molecule has 6 N–H and O–H groups in total. The zero-order valence-corrected chi connectivity index (χ0v) is 11.1. The van der Waals surface area contributed by atoms with Gasteiger partial charge in [0, 0.05) is 25.2 Å². The first-order valence-electron chi connectivity index (χ1n) is 6.13. The maximum Gasteiger partial charge on any atom is 0.152 e. The summed E-state index contributed by atoms with van der Waals surface area (Å²) in [5.41, 5.74) is 11.1. The summed E-state index contributed by atoms with van der Waals surface area (Å²) < 4.78 is 0. The van der Waals surface area contributed by atoms with E-state index in [9.17, 15) is 0 Å². The number of hydrogen-bond donors (Lipinski definition) is 4. The normalized spacial score (nSPS) is 19.5. The topological polar surface area (TPSA) is 120 Å². The van der Waals surface area contributed by atoms with Crippen molar-refractivity contribution in [1.29, 1.82) is 5.26 Å². The van der Waals surface area contributed by atoms with Crippen LogP contribution in [0.3, 0.4) is 0 Å². The fraction of sp³-hybridized carbons (Fsp3) is 0.500. The predicted octanol–water partition coefficient (Wildman–Crippen LogP) is 0.319. The molecule has 1 saturated heterocycles. The van der Waals surface area contributed by atoms with Crippen LogP contribution >= 0.6 is 0 Å². The molecule has 0 aromatic carbocycles. The Bertz CT molecular complexity index is 516. The smallest absolute Gasteiger partial charge is 0.152 e. The average molecular weight is 261 g/mol. The van der Waals surface area contributed by atoms with E-state index in [-0.39, 0.29) is 11.5 Å². The van der Waals surface area contributed by atoms with Gasteiger partial charge in [0.2, 0.25) is 0 Å². The van der Waals surface area contributed by atoms with Crippen molar-refractivity contribution in [3.8, 4) is 6.07 Å². The number of nitrogens with zero attached hydrogens (tertiary/aromatic N) is 3. The van der Waals surface area contributed by atoms with Gasteiger partial charge in [-0.15, -0.1) is 0 Å². The Kier molecular flexibility index (Phi) is 3.36. The van der Waals surface area contributed by atoms with Crippen molar-refractivity contribution < 1.29 is 0 Å². The monoisotopic (exact) mass is 261 g/mol. The van der Waals surface area contributed by atoms with Crippen LogP contribution in [0.15, 0.2) is 18.0 Å². The molecule has 1 aliphatic heterocycles. The Morgan fingerprint density at radius 1 is 1.74 bits per heavy atom. The molecule has 0 saturated carbocycles. The largest absolute Gasteiger partial charge is 0.385 e. The number of nitrogens with two attached hydrogens (primary N) is 2. The molecular weight excluding hydrogens is 242 g/mol. The number of hydrogen-bond acceptors (Lipinski definition) is 6. The van der Waals surface area contributed by atoms with Crippen LogP contribution in [0.1, 0.15) is 13.8 Å². The minimum atomic E-state index is -0.263. The van der Waals surface area contributed by atoms with E-state index < -0.39 is 0 Å². The summed E-state index contributed by atoms with van der Waals surface area (Å²) in [6, 6.07) is 4.05. The van der Waals surface area contributed by atoms with E-state index >= 15 is 0 Å². The third kappa shape index (κ3) is 2.98. The summed E-state index contributed by atoms with van der Waals surface area (Å²) in [6.07, 6.45) is 1.72. The number of nitriles is 1. The zero-order valence-electron chi connectivity index (χ0n) is 11.1. The molecule has 0 radical (unpaired) electrons. The van der Waals surface area contributed by atoms with Crippen molar-refractivity contribution in [3.05, 3.63) is 18.0 Å². The van der Waals surface area contributed by atoms with Gasteiger partial charge in [0.15, 0.2) is 5.82 Å². The Morgan fingerprint density at radius 2 is 2.42 bits per heavy atom. The zero-order chi connectivity index (χ0) is 14.0. The third-order valence-corrected chi connectivity index (χ3v) is 2.96. The number of aromatic amines is 1. The van der Waals surface area contributed by atoms with E-state index in [4.69, 9.17) is 16.7 Å². The summed E-state index contributed by atoms with van der Waals surface area (Å²) in [4.78, 5) is 2.04. The van der Waals surface area contributed by atoms with Gasteiger partial charge in [-0.3, -0.25) is 5.10 Å². The van der Waals surface area contributed by atoms with Gasteiger partial charge in [-0.1, -0.05) is 0 Å². The third-order valence-electron chi connectivity index (χ3n) is 2.96. The number of aromatic nitrogens is 2. The van der Waals surface area contributed by atoms with E-state index in [1.807, 2.05) is 24.8 Å². The van der Waals surface area contributed by atoms with Crippen LogP contribution in [0.2, 0.25) is 0 Å². The first kappa shape index (κ1) is 13.2. The highest BCUT2D eigenvalue weighted by atomic mass is 15.3. The standard InChI is InChI=1S/C12H19N7/c1-8(14)3-9(15)16-10-4-11(18-17-10)19-6-12(2,5-13)7-19/h3-4,8H,6-7,14-15H2,1-2H3,(H2,16,17,18)/b9-3+. The Balaban J connectivity index is 1.96. The SMILES string of the molecule is CC(N)/C=C(\N)Nc1cc(N2CC(C)(C#N)C2)n[nH]1. The highest BCUT2D eigenvalue weighted by Gasteiger charge is 2.40. The summed E-state index contributed by atoms with van der Waals surface area (Å²) >= 11 is 0. The highest BCUT2D eigenvalue weighted by Crippen LogP contribution is 2.33. The molecule has 0 amide bonds. The molecule has 1 aromatic rings. The van der Waals surface area contributed by atoms with Crippen molar-refractivity contribution in [2.45, 2.75) is 19.9 Å². The number of rotatable bonds is 4. The summed E-state index contributed by atoms with van der Waals surface area (Å²) in [5, 5.41) is 19.0. The molecule has 1 unspecified atom stereocenters. The second-order valence-electron chi connectivity index (χ2n) is 5.27. The second kappa shape index (κ2) is 4.82. The van der Waals surface area contributed by atoms with Crippen molar-refractivity contribution in [3.63, 3.8) is 0 Å². The van der Waals surface area contributed by atoms with Gasteiger partial charge in [-0.2, -0.15) is 10.4 Å². The summed E-state index contributed by atoms with van der Waals surface area (Å²) in [7, 11) is 0. The van der Waals surface area contributed by atoms with Crippen LogP contribution in [0.5, 0.6) is 0 Å². The molecule has 19 heavy (non-hydrogen) atoms. The van der Waals surface area contributed by atoms with Gasteiger partial charge in [0.25, 0.3) is 0 Å². The first-order chi connectivity index (χ1) is 8.92. The highest BCUT2D eigenvalue weighted by molar-refractivity contribution is 5.54. The van der Waals surface area contributed by atoms with Gasteiger partial charge in [0.05, 0.1) is 17.3 Å². The van der Waals surface area contributed by atoms with Gasteiger partial charge >= 0.3 is 0 Å². The molecule has 102 valence electrons. The lowest BCUT2D eigenvalue weighted by Crippen LogP contribution is -2.54. The maximum atomic E-state index is 8.96. The maximum absolute atomic E-state index is 8.96. The van der Waals surface area contributed by atoms with E-state index in [1.54, 1.807) is 6.08 Å². The Hall–Kier alpha value is -2.20. The second-order valence-corrected chi connectivity index (χ2v) is 5.27. The number of nitrogens with one attached hydrogen (secondary N) is 2. The van der Waals surface area contributed by atoms with E-state index in [1.165, 1.54) is 0 Å². The van der Waals surface area contributed by atoms with Crippen LogP contribution in [-0.2, 0) is 0 Å². The molecule has 7 heteroatoms. The predicted molar refractivity (Wildman–Crippen MR) is 74.1 cm³/mol. The molecule has 2 rings (SSSR count). The van der Waals surface area contributed by atoms with Crippen molar-refractivity contribution in [2.75, 3.05) is 23.3 Å². The Morgan fingerprint density at radius 3 is 3.00 bits per heavy atom. The van der Waals surface area contributed by atoms with Gasteiger partial charge < -0.3 is 21.7 Å². The van der Waals surface area contributed by atoms with Gasteiger partial charge in [-0.25, -0.2) is 0 Å². The van der Waals surface area contributed by atoms with E-state index in [0.717, 1.165) is 5.82 Å². The molecule has 1 atom stereocenters. The number of H-pyrrole nitrogens is 1. The molecule has 7 nitrogen and oxygen atoms in total. The molecule has 0 spiro atoms. The first-order valence-corrected chi connectivity index (χ1v) is 6.13. The molecule has 1 fully saturated rings. The van der Waals surface area contributed by atoms with Gasteiger partial charge in [-0.05, 0) is 19.9 Å². The van der Waals surface area contributed by atoms with Crippen LogP contribution in [0, 0.1) is 16.7 Å². The Labute approximate surface area is 112 Å². The minimum Gasteiger partial charge on any atom is -0.385 e. The fourth-order valence-electron chi connectivity index (χ4n) is 2.05. The summed E-state index contributed by atoms with van der Waals surface area (Å²) in [6.45, 7) is 5.17. The van der Waals surface area contributed by atoms with Crippen LogP contribution in [0.25, 0.3) is 0 Å². The molecule has 1 aromatic heterocycles. The molecule has 1 aliphatic rings. The van der Waals surface area contributed by atoms with E-state index in [0.29, 0.717) is 24.7 Å². The lowest BCUT2D eigenvalue weighted by atomic mass is 9.84. The molecular formula is C12H19N7. The molecule has 2 heterocycles. The minimum absolute atomic E-state index is 0.110. The molecule has 0 bridgehead atoms. The quantitative estimate of drug-likeness (QED) is 0.619. The van der Waals surface area contributed by atoms with Crippen LogP contribution in [0.4, 0.5) is 11.6 Å². The van der Waals surface area contributed by atoms with Crippen molar-refractivity contribution in [2.24, 2.45) is 16.9 Å². The van der Waals surface area contributed by atoms with E-state index in [2.05, 4.69) is 21.6 Å². The summed E-state index contributed by atoms with van der Waals surface area (Å²) in [5.74, 6) is 1.99. The van der Waals surface area contributed by atoms with Crippen LogP contribution in [-0.4, -0.2) is 29.3 Å². The fourth-order valence-corrected chi connectivity index (χ4v) is 2.05. The lowest BCUT2D eigenvalue weighted by molar-refractivity contribution is 0.334. The molecule has 0 aliphatic carbocycles. The average Bonchev–Trinajstić information content (AvgIpc) is 2.71. The number of anilines is 2.